The number of amides is 1. The molecule has 1 aliphatic rings. The molecule has 0 bridgehead atoms. The van der Waals surface area contributed by atoms with Crippen molar-refractivity contribution in [2.45, 2.75) is 19.9 Å². The number of Topliss-reactive ketones (excluding diaryl/α,β-unsaturated/α-hetero) is 1. The fraction of sp³-hybridized carbons (Fsp3) is 0.200. The molecule has 0 aliphatic carbocycles. The number of ketones is 1. The highest BCUT2D eigenvalue weighted by Crippen LogP contribution is 2.46. The van der Waals surface area contributed by atoms with Crippen molar-refractivity contribution in [3.05, 3.63) is 79.3 Å². The number of ether oxygens (including phenoxy) is 2. The number of esters is 1. The summed E-state index contributed by atoms with van der Waals surface area (Å²) in [5.41, 5.74) is 1.53. The first-order valence-electron chi connectivity index (χ1n) is 10.6. The molecule has 0 radical (unpaired) electrons. The van der Waals surface area contributed by atoms with E-state index >= 15 is 0 Å². The lowest BCUT2D eigenvalue weighted by Gasteiger charge is -2.24. The van der Waals surface area contributed by atoms with Gasteiger partial charge >= 0.3 is 11.9 Å². The molecule has 1 unspecified atom stereocenters. The summed E-state index contributed by atoms with van der Waals surface area (Å²) in [5, 5.41) is 11.9. The summed E-state index contributed by atoms with van der Waals surface area (Å²) in [6, 6.07) is 8.35. The van der Waals surface area contributed by atoms with Gasteiger partial charge in [-0.3, -0.25) is 14.5 Å². The molecule has 186 valence electrons. The zero-order valence-corrected chi connectivity index (χ0v) is 21.9. The predicted octanol–water partition coefficient (Wildman–Crippen LogP) is 5.49. The summed E-state index contributed by atoms with van der Waals surface area (Å²) in [7, 11) is 2.76. The van der Waals surface area contributed by atoms with Crippen LogP contribution in [-0.4, -0.2) is 42.0 Å². The number of aryl methyl sites for hydroxylation is 2. The smallest absolute Gasteiger partial charge is 0.350 e. The van der Waals surface area contributed by atoms with Crippen molar-refractivity contribution in [1.82, 2.24) is 4.98 Å². The number of anilines is 1. The number of carbonyl (C=O) groups excluding carboxylic acids is 3. The van der Waals surface area contributed by atoms with Crippen LogP contribution in [0, 0.1) is 13.8 Å². The van der Waals surface area contributed by atoms with Crippen LogP contribution in [0.3, 0.4) is 0 Å². The zero-order chi connectivity index (χ0) is 26.3. The van der Waals surface area contributed by atoms with E-state index in [4.69, 9.17) is 32.7 Å². The van der Waals surface area contributed by atoms with Gasteiger partial charge in [0, 0.05) is 15.6 Å². The first kappa shape index (κ1) is 25.7. The van der Waals surface area contributed by atoms with Crippen LogP contribution in [0.15, 0.2) is 42.0 Å². The molecule has 1 N–H and O–H groups in total. The van der Waals surface area contributed by atoms with Gasteiger partial charge in [-0.1, -0.05) is 40.6 Å². The van der Waals surface area contributed by atoms with E-state index in [-0.39, 0.29) is 26.4 Å². The Morgan fingerprint density at radius 1 is 1.11 bits per heavy atom. The summed E-state index contributed by atoms with van der Waals surface area (Å²) >= 11 is 13.5. The number of halogens is 2. The minimum atomic E-state index is -1.13. The second-order valence-electron chi connectivity index (χ2n) is 7.92. The number of nitrogens with zero attached hydrogens (tertiary/aromatic N) is 2. The topological polar surface area (TPSA) is 106 Å². The minimum Gasteiger partial charge on any atom is -0.507 e. The maximum absolute atomic E-state index is 13.3. The number of rotatable bonds is 5. The van der Waals surface area contributed by atoms with Crippen molar-refractivity contribution in [3.8, 4) is 5.75 Å². The van der Waals surface area contributed by atoms with E-state index in [1.165, 1.54) is 20.3 Å². The largest absolute Gasteiger partial charge is 0.507 e. The van der Waals surface area contributed by atoms with Crippen LogP contribution in [0.25, 0.3) is 5.76 Å². The van der Waals surface area contributed by atoms with Crippen molar-refractivity contribution >= 4 is 63.1 Å². The number of aromatic nitrogens is 1. The second kappa shape index (κ2) is 9.93. The molecule has 2 aromatic carbocycles. The standard InChI is InChI=1S/C25H20Cl2N2O6S/c1-11-9-13(5-8-17(11)34-3)20(30)18-19(15-7-6-14(26)10-16(15)27)29(23(32)21(18)31)25-28-12(2)22(36-25)24(33)35-4/h5-10,19,30H,1-4H3/b20-18+. The minimum absolute atomic E-state index is 0.0796. The first-order chi connectivity index (χ1) is 17.1. The Bertz CT molecular complexity index is 1450. The van der Waals surface area contributed by atoms with Gasteiger partial charge in [0.15, 0.2) is 5.13 Å². The molecular weight excluding hydrogens is 527 g/mol. The van der Waals surface area contributed by atoms with Crippen LogP contribution in [0.5, 0.6) is 5.75 Å². The third-order valence-corrected chi connectivity index (χ3v) is 7.43. The van der Waals surface area contributed by atoms with Gasteiger partial charge in [0.2, 0.25) is 0 Å². The Balaban J connectivity index is 1.97. The molecule has 8 nitrogen and oxygen atoms in total. The van der Waals surface area contributed by atoms with Crippen LogP contribution < -0.4 is 9.64 Å². The number of thiazole rings is 1. The molecule has 2 heterocycles. The van der Waals surface area contributed by atoms with Crippen molar-refractivity contribution < 1.29 is 29.0 Å². The lowest BCUT2D eigenvalue weighted by molar-refractivity contribution is -0.132. The number of aliphatic hydroxyl groups excluding tert-OH is 1. The van der Waals surface area contributed by atoms with E-state index in [1.54, 1.807) is 44.2 Å². The second-order valence-corrected chi connectivity index (χ2v) is 9.74. The molecule has 0 saturated carbocycles. The monoisotopic (exact) mass is 546 g/mol. The number of hydrogen-bond acceptors (Lipinski definition) is 8. The van der Waals surface area contributed by atoms with Gasteiger partial charge in [0.05, 0.1) is 31.5 Å². The van der Waals surface area contributed by atoms with Crippen LogP contribution in [0.1, 0.15) is 38.1 Å². The Kier molecular flexibility index (Phi) is 7.08. The number of methoxy groups -OCH3 is 2. The van der Waals surface area contributed by atoms with Crippen molar-refractivity contribution in [2.24, 2.45) is 0 Å². The third-order valence-electron chi connectivity index (χ3n) is 5.73. The average Bonchev–Trinajstić information content (AvgIpc) is 3.34. The van der Waals surface area contributed by atoms with E-state index in [0.29, 0.717) is 27.6 Å². The zero-order valence-electron chi connectivity index (χ0n) is 19.6. The molecule has 0 spiro atoms. The molecule has 1 aliphatic heterocycles. The van der Waals surface area contributed by atoms with E-state index < -0.39 is 23.7 Å². The van der Waals surface area contributed by atoms with Crippen LogP contribution >= 0.6 is 34.5 Å². The number of aliphatic hydroxyl groups is 1. The first-order valence-corrected chi connectivity index (χ1v) is 12.1. The van der Waals surface area contributed by atoms with E-state index in [9.17, 15) is 19.5 Å². The Morgan fingerprint density at radius 2 is 1.83 bits per heavy atom. The van der Waals surface area contributed by atoms with Crippen molar-refractivity contribution in [2.75, 3.05) is 19.1 Å². The van der Waals surface area contributed by atoms with Gasteiger partial charge < -0.3 is 14.6 Å². The van der Waals surface area contributed by atoms with Gasteiger partial charge in [0.25, 0.3) is 5.78 Å². The Labute approximate surface area is 220 Å². The third kappa shape index (κ3) is 4.34. The summed E-state index contributed by atoms with van der Waals surface area (Å²) in [6.07, 6.45) is 0. The highest BCUT2D eigenvalue weighted by atomic mass is 35.5. The highest BCUT2D eigenvalue weighted by Gasteiger charge is 2.49. The van der Waals surface area contributed by atoms with E-state index in [0.717, 1.165) is 21.8 Å². The van der Waals surface area contributed by atoms with Gasteiger partial charge in [-0.25, -0.2) is 9.78 Å². The van der Waals surface area contributed by atoms with Crippen LogP contribution in [0.4, 0.5) is 5.13 Å². The Morgan fingerprint density at radius 3 is 2.44 bits per heavy atom. The van der Waals surface area contributed by atoms with Gasteiger partial charge in [-0.05, 0) is 55.3 Å². The number of benzene rings is 2. The van der Waals surface area contributed by atoms with Crippen LogP contribution in [0.2, 0.25) is 10.0 Å². The number of carbonyl (C=O) groups is 3. The summed E-state index contributed by atoms with van der Waals surface area (Å²) in [5.74, 6) is -2.27. The van der Waals surface area contributed by atoms with Gasteiger partial charge in [-0.2, -0.15) is 0 Å². The molecule has 1 atom stereocenters. The molecule has 3 aromatic rings. The van der Waals surface area contributed by atoms with E-state index in [2.05, 4.69) is 4.98 Å². The molecule has 1 saturated heterocycles. The Hall–Kier alpha value is -3.40. The molecule has 4 rings (SSSR count). The quantitative estimate of drug-likeness (QED) is 0.195. The van der Waals surface area contributed by atoms with Crippen molar-refractivity contribution in [3.63, 3.8) is 0 Å². The SMILES string of the molecule is COC(=O)c1sc(N2C(=O)C(=O)/C(=C(/O)c3ccc(OC)c(C)c3)C2c2ccc(Cl)cc2Cl)nc1C. The molecule has 36 heavy (non-hydrogen) atoms. The summed E-state index contributed by atoms with van der Waals surface area (Å²) in [6.45, 7) is 3.38. The van der Waals surface area contributed by atoms with Gasteiger partial charge in [-0.15, -0.1) is 0 Å². The molecular formula is C25H20Cl2N2O6S. The van der Waals surface area contributed by atoms with Crippen LogP contribution in [-0.2, 0) is 14.3 Å². The molecule has 1 amide bonds. The average molecular weight is 547 g/mol. The van der Waals surface area contributed by atoms with Crippen molar-refractivity contribution in [1.29, 1.82) is 0 Å². The highest BCUT2D eigenvalue weighted by molar-refractivity contribution is 7.17. The molecule has 1 fully saturated rings. The van der Waals surface area contributed by atoms with Gasteiger partial charge in [0.1, 0.15) is 16.4 Å². The lowest BCUT2D eigenvalue weighted by atomic mass is 9.95. The lowest BCUT2D eigenvalue weighted by Crippen LogP contribution is -2.29. The maximum Gasteiger partial charge on any atom is 0.350 e. The fourth-order valence-electron chi connectivity index (χ4n) is 4.00. The normalized spacial score (nSPS) is 16.9. The van der Waals surface area contributed by atoms with E-state index in [1.807, 2.05) is 0 Å². The number of hydrogen-bond donors (Lipinski definition) is 1. The maximum atomic E-state index is 13.3. The molecule has 11 heteroatoms. The summed E-state index contributed by atoms with van der Waals surface area (Å²) in [4.78, 5) is 44.5. The molecule has 1 aromatic heterocycles. The fourth-order valence-corrected chi connectivity index (χ4v) is 5.52. The predicted molar refractivity (Wildman–Crippen MR) is 137 cm³/mol. The summed E-state index contributed by atoms with van der Waals surface area (Å²) < 4.78 is 10.1.